The highest BCUT2D eigenvalue weighted by Crippen LogP contribution is 2.30. The zero-order chi connectivity index (χ0) is 20.3. The van der Waals surface area contributed by atoms with Crippen molar-refractivity contribution in [3.63, 3.8) is 0 Å². The summed E-state index contributed by atoms with van der Waals surface area (Å²) in [6, 6.07) is 13.0. The Morgan fingerprint density at radius 2 is 1.86 bits per heavy atom. The van der Waals surface area contributed by atoms with Crippen LogP contribution in [0.15, 0.2) is 53.5 Å². The molecule has 2 aromatic heterocycles. The zero-order valence-electron chi connectivity index (χ0n) is 16.4. The molecule has 0 fully saturated rings. The molecule has 1 N–H and O–H groups in total. The molecule has 0 aliphatic carbocycles. The largest absolute Gasteiger partial charge is 0.361 e. The monoisotopic (exact) mass is 377 g/mol. The Morgan fingerprint density at radius 3 is 2.46 bits per heavy atom. The average molecular weight is 377 g/mol. The maximum atomic E-state index is 13.0. The van der Waals surface area contributed by atoms with Crippen molar-refractivity contribution in [1.82, 2.24) is 14.8 Å². The Hall–Kier alpha value is -3.48. The van der Waals surface area contributed by atoms with E-state index in [1.807, 2.05) is 62.3 Å². The molecule has 0 saturated carbocycles. The second kappa shape index (κ2) is 8.04. The number of ketones is 1. The van der Waals surface area contributed by atoms with Gasteiger partial charge in [-0.05, 0) is 26.0 Å². The fourth-order valence-electron chi connectivity index (χ4n) is 3.03. The van der Waals surface area contributed by atoms with Gasteiger partial charge in [0.05, 0.1) is 11.3 Å². The molecule has 3 aromatic rings. The van der Waals surface area contributed by atoms with E-state index in [0.29, 0.717) is 23.7 Å². The lowest BCUT2D eigenvalue weighted by Gasteiger charge is -2.19. The van der Waals surface area contributed by atoms with Crippen molar-refractivity contribution in [2.45, 2.75) is 20.4 Å². The number of nitrogens with zero attached hydrogens (tertiary/aromatic N) is 4. The molecule has 0 spiro atoms. The summed E-state index contributed by atoms with van der Waals surface area (Å²) in [5, 5.41) is 7.62. The molecule has 0 unspecified atom stereocenters. The Labute approximate surface area is 163 Å². The Bertz CT molecular complexity index is 1060. The minimum atomic E-state index is -0.346. The van der Waals surface area contributed by atoms with Gasteiger partial charge in [-0.1, -0.05) is 30.3 Å². The summed E-state index contributed by atoms with van der Waals surface area (Å²) in [5.74, 6) is 0.432. The van der Waals surface area contributed by atoms with Crippen molar-refractivity contribution in [3.8, 4) is 11.3 Å². The first-order valence-electron chi connectivity index (χ1n) is 9.04. The number of nitrogens with one attached hydrogen (secondary N) is 1. The van der Waals surface area contributed by atoms with E-state index >= 15 is 0 Å². The summed E-state index contributed by atoms with van der Waals surface area (Å²) in [5.41, 5.74) is 2.03. The number of hydrogen-bond acceptors (Lipinski definition) is 6. The normalized spacial score (nSPS) is 10.6. The molecular weight excluding hydrogens is 354 g/mol. The van der Waals surface area contributed by atoms with E-state index in [2.05, 4.69) is 15.4 Å². The van der Waals surface area contributed by atoms with E-state index in [4.69, 9.17) is 0 Å². The average Bonchev–Trinajstić information content (AvgIpc) is 2.69. The first kappa shape index (κ1) is 19.3. The molecule has 0 aliphatic heterocycles. The molecule has 7 heteroatoms. The fourth-order valence-corrected chi connectivity index (χ4v) is 3.03. The van der Waals surface area contributed by atoms with Crippen molar-refractivity contribution in [2.24, 2.45) is 0 Å². The first-order valence-corrected chi connectivity index (χ1v) is 9.04. The van der Waals surface area contributed by atoms with Crippen LogP contribution in [0.1, 0.15) is 24.2 Å². The molecule has 0 bridgehead atoms. The molecule has 0 aliphatic rings. The predicted molar refractivity (Wildman–Crippen MR) is 111 cm³/mol. The molecule has 28 heavy (non-hydrogen) atoms. The molecule has 144 valence electrons. The number of Topliss-reactive ketones (excluding diaryl/α,β-unsaturated/α-hetero) is 1. The fraction of sp³-hybridized carbons (Fsp3) is 0.238. The second-order valence-corrected chi connectivity index (χ2v) is 6.54. The number of anilines is 3. The third-order valence-corrected chi connectivity index (χ3v) is 4.32. The lowest BCUT2D eigenvalue weighted by molar-refractivity contribution is 0.101. The molecule has 7 nitrogen and oxygen atoms in total. The number of rotatable bonds is 6. The van der Waals surface area contributed by atoms with Crippen molar-refractivity contribution in [2.75, 3.05) is 24.3 Å². The summed E-state index contributed by atoms with van der Waals surface area (Å²) < 4.78 is 1.36. The summed E-state index contributed by atoms with van der Waals surface area (Å²) in [6.07, 6.45) is 1.68. The summed E-state index contributed by atoms with van der Waals surface area (Å²) in [7, 11) is 3.73. The standard InChI is InChI=1S/C21H23N5O2/c1-5-26-21(28)19(23-16-12-9-13-22-20(16)25(3)4)17(14(2)27)18(24-26)15-10-7-6-8-11-15/h6-13,23H,5H2,1-4H3. The number of pyridine rings is 1. The third-order valence-electron chi connectivity index (χ3n) is 4.32. The molecule has 2 heterocycles. The molecule has 0 amide bonds. The van der Waals surface area contributed by atoms with Crippen LogP contribution in [0.2, 0.25) is 0 Å². The van der Waals surface area contributed by atoms with Crippen LogP contribution in [0.25, 0.3) is 11.3 Å². The Morgan fingerprint density at radius 1 is 1.14 bits per heavy atom. The smallest absolute Gasteiger partial charge is 0.291 e. The van der Waals surface area contributed by atoms with Crippen LogP contribution >= 0.6 is 0 Å². The van der Waals surface area contributed by atoms with Crippen LogP contribution in [0.4, 0.5) is 17.2 Å². The van der Waals surface area contributed by atoms with Crippen LogP contribution in [0.3, 0.4) is 0 Å². The van der Waals surface area contributed by atoms with Gasteiger partial charge in [0.2, 0.25) is 0 Å². The SMILES string of the molecule is CCn1nc(-c2ccccc2)c(C(C)=O)c(Nc2cccnc2N(C)C)c1=O. The van der Waals surface area contributed by atoms with Crippen molar-refractivity contribution < 1.29 is 4.79 Å². The predicted octanol–water partition coefficient (Wildman–Crippen LogP) is 3.34. The van der Waals surface area contributed by atoms with E-state index in [-0.39, 0.29) is 22.6 Å². The van der Waals surface area contributed by atoms with Gasteiger partial charge in [0.25, 0.3) is 5.56 Å². The zero-order valence-corrected chi connectivity index (χ0v) is 16.4. The molecule has 0 atom stereocenters. The minimum Gasteiger partial charge on any atom is -0.361 e. The highest BCUT2D eigenvalue weighted by atomic mass is 16.1. The lowest BCUT2D eigenvalue weighted by atomic mass is 10.0. The van der Waals surface area contributed by atoms with Crippen LogP contribution < -0.4 is 15.8 Å². The van der Waals surface area contributed by atoms with E-state index in [0.717, 1.165) is 5.56 Å². The van der Waals surface area contributed by atoms with Gasteiger partial charge in [-0.2, -0.15) is 5.10 Å². The summed E-state index contributed by atoms with van der Waals surface area (Å²) >= 11 is 0. The van der Waals surface area contributed by atoms with Crippen molar-refractivity contribution in [1.29, 1.82) is 0 Å². The molecule has 3 rings (SSSR count). The van der Waals surface area contributed by atoms with Crippen LogP contribution in [0.5, 0.6) is 0 Å². The van der Waals surface area contributed by atoms with Crippen molar-refractivity contribution >= 4 is 23.0 Å². The van der Waals surface area contributed by atoms with Crippen LogP contribution in [0, 0.1) is 0 Å². The van der Waals surface area contributed by atoms with Gasteiger partial charge in [-0.3, -0.25) is 9.59 Å². The highest BCUT2D eigenvalue weighted by molar-refractivity contribution is 6.05. The van der Waals surface area contributed by atoms with E-state index < -0.39 is 0 Å². The number of aryl methyl sites for hydroxylation is 1. The second-order valence-electron chi connectivity index (χ2n) is 6.54. The quantitative estimate of drug-likeness (QED) is 0.664. The Balaban J connectivity index is 2.29. The lowest BCUT2D eigenvalue weighted by Crippen LogP contribution is -2.28. The maximum absolute atomic E-state index is 13.0. The number of carbonyl (C=O) groups is 1. The van der Waals surface area contributed by atoms with Gasteiger partial charge in [0.1, 0.15) is 11.4 Å². The van der Waals surface area contributed by atoms with E-state index in [1.54, 1.807) is 12.3 Å². The number of carbonyl (C=O) groups excluding carboxylic acids is 1. The first-order chi connectivity index (χ1) is 13.4. The minimum absolute atomic E-state index is 0.208. The van der Waals surface area contributed by atoms with Gasteiger partial charge in [-0.15, -0.1) is 0 Å². The molecule has 1 aromatic carbocycles. The number of benzene rings is 1. The van der Waals surface area contributed by atoms with Gasteiger partial charge in [0.15, 0.2) is 11.6 Å². The third kappa shape index (κ3) is 3.64. The van der Waals surface area contributed by atoms with Gasteiger partial charge in [-0.25, -0.2) is 9.67 Å². The number of hydrogen-bond donors (Lipinski definition) is 1. The molecule has 0 saturated heterocycles. The van der Waals surface area contributed by atoms with Gasteiger partial charge >= 0.3 is 0 Å². The van der Waals surface area contributed by atoms with Crippen LogP contribution in [-0.4, -0.2) is 34.6 Å². The van der Waals surface area contributed by atoms with Crippen LogP contribution in [-0.2, 0) is 6.54 Å². The van der Waals surface area contributed by atoms with Gasteiger partial charge in [0, 0.05) is 32.4 Å². The van der Waals surface area contributed by atoms with E-state index in [9.17, 15) is 9.59 Å². The number of aromatic nitrogens is 3. The van der Waals surface area contributed by atoms with E-state index in [1.165, 1.54) is 11.6 Å². The summed E-state index contributed by atoms with van der Waals surface area (Å²) in [6.45, 7) is 3.68. The highest BCUT2D eigenvalue weighted by Gasteiger charge is 2.22. The topological polar surface area (TPSA) is 80.1 Å². The maximum Gasteiger partial charge on any atom is 0.291 e. The van der Waals surface area contributed by atoms with Gasteiger partial charge < -0.3 is 10.2 Å². The van der Waals surface area contributed by atoms with Crippen molar-refractivity contribution in [3.05, 3.63) is 64.6 Å². The summed E-state index contributed by atoms with van der Waals surface area (Å²) in [4.78, 5) is 31.8. The molecule has 0 radical (unpaired) electrons. The molecular formula is C21H23N5O2. The Kier molecular flexibility index (Phi) is 5.54.